The number of alkyl halides is 2. The molecule has 20 heavy (non-hydrogen) atoms. The standard InChI is InChI=1S/C13H14ClF2NO3/c14-9-6-8(3-4-11(9)20-13(15)16)7-17-5-1-2-10(17)12(18)19/h3-4,6,10,13H,1-2,5,7H2,(H,18,19)/t10-/m0/s1. The molecule has 1 saturated heterocycles. The number of carboxylic acid groups (broad SMARTS) is 1. The molecule has 0 bridgehead atoms. The summed E-state index contributed by atoms with van der Waals surface area (Å²) >= 11 is 5.86. The lowest BCUT2D eigenvalue weighted by molar-refractivity contribution is -0.142. The second-order valence-corrected chi connectivity index (χ2v) is 5.02. The highest BCUT2D eigenvalue weighted by Gasteiger charge is 2.30. The molecule has 0 radical (unpaired) electrons. The SMILES string of the molecule is O=C(O)[C@@H]1CCCN1Cc1ccc(OC(F)F)c(Cl)c1. The average molecular weight is 306 g/mol. The molecule has 1 aromatic rings. The van der Waals surface area contributed by atoms with Crippen molar-refractivity contribution in [3.8, 4) is 5.75 Å². The van der Waals surface area contributed by atoms with Crippen LogP contribution in [0.1, 0.15) is 18.4 Å². The van der Waals surface area contributed by atoms with E-state index >= 15 is 0 Å². The van der Waals surface area contributed by atoms with Gasteiger partial charge in [-0.3, -0.25) is 9.69 Å². The van der Waals surface area contributed by atoms with Crippen LogP contribution in [0.2, 0.25) is 5.02 Å². The van der Waals surface area contributed by atoms with E-state index in [4.69, 9.17) is 16.7 Å². The van der Waals surface area contributed by atoms with E-state index in [0.717, 1.165) is 12.0 Å². The molecule has 0 unspecified atom stereocenters. The van der Waals surface area contributed by atoms with Crippen LogP contribution in [0.5, 0.6) is 5.75 Å². The van der Waals surface area contributed by atoms with Gasteiger partial charge in [0.05, 0.1) is 5.02 Å². The molecular weight excluding hydrogens is 292 g/mol. The van der Waals surface area contributed by atoms with Gasteiger partial charge in [0.1, 0.15) is 11.8 Å². The second kappa shape index (κ2) is 6.37. The van der Waals surface area contributed by atoms with Crippen LogP contribution in [0.25, 0.3) is 0 Å². The van der Waals surface area contributed by atoms with Gasteiger partial charge >= 0.3 is 12.6 Å². The van der Waals surface area contributed by atoms with Crippen LogP contribution in [0.15, 0.2) is 18.2 Å². The Hall–Kier alpha value is -1.40. The van der Waals surface area contributed by atoms with Gasteiger partial charge in [0, 0.05) is 6.54 Å². The number of hydrogen-bond donors (Lipinski definition) is 1. The highest BCUT2D eigenvalue weighted by atomic mass is 35.5. The monoisotopic (exact) mass is 305 g/mol. The van der Waals surface area contributed by atoms with Gasteiger partial charge in [-0.2, -0.15) is 8.78 Å². The zero-order chi connectivity index (χ0) is 14.7. The van der Waals surface area contributed by atoms with E-state index in [2.05, 4.69) is 4.74 Å². The van der Waals surface area contributed by atoms with Crippen LogP contribution < -0.4 is 4.74 Å². The van der Waals surface area contributed by atoms with E-state index in [-0.39, 0.29) is 10.8 Å². The third-order valence-corrected chi connectivity index (χ3v) is 3.54. The molecule has 110 valence electrons. The van der Waals surface area contributed by atoms with E-state index < -0.39 is 18.6 Å². The molecule has 0 amide bonds. The Morgan fingerprint density at radius 3 is 2.90 bits per heavy atom. The predicted octanol–water partition coefficient (Wildman–Crippen LogP) is 2.99. The topological polar surface area (TPSA) is 49.8 Å². The van der Waals surface area contributed by atoms with Gasteiger partial charge in [0.15, 0.2) is 0 Å². The largest absolute Gasteiger partial charge is 0.480 e. The molecule has 4 nitrogen and oxygen atoms in total. The van der Waals surface area contributed by atoms with Gasteiger partial charge in [-0.1, -0.05) is 17.7 Å². The molecule has 1 atom stereocenters. The second-order valence-electron chi connectivity index (χ2n) is 4.61. The number of halogens is 3. The van der Waals surface area contributed by atoms with E-state index in [1.807, 2.05) is 4.90 Å². The van der Waals surface area contributed by atoms with Crippen molar-refractivity contribution in [2.24, 2.45) is 0 Å². The minimum Gasteiger partial charge on any atom is -0.480 e. The number of benzene rings is 1. The van der Waals surface area contributed by atoms with Gasteiger partial charge in [-0.05, 0) is 37.1 Å². The Bertz CT molecular complexity index is 499. The molecule has 0 aliphatic carbocycles. The molecule has 1 aliphatic rings. The smallest absolute Gasteiger partial charge is 0.387 e. The van der Waals surface area contributed by atoms with Crippen LogP contribution in [0.3, 0.4) is 0 Å². The van der Waals surface area contributed by atoms with Crippen LogP contribution in [0.4, 0.5) is 8.78 Å². The lowest BCUT2D eigenvalue weighted by Crippen LogP contribution is -2.35. The number of aliphatic carboxylic acids is 1. The molecule has 0 spiro atoms. The molecule has 0 aromatic heterocycles. The zero-order valence-corrected chi connectivity index (χ0v) is 11.3. The van der Waals surface area contributed by atoms with Crippen molar-refractivity contribution in [2.75, 3.05) is 6.54 Å². The van der Waals surface area contributed by atoms with Gasteiger partial charge in [-0.25, -0.2) is 0 Å². The zero-order valence-electron chi connectivity index (χ0n) is 10.6. The summed E-state index contributed by atoms with van der Waals surface area (Å²) in [7, 11) is 0. The molecule has 1 aromatic carbocycles. The van der Waals surface area contributed by atoms with Crippen LogP contribution in [-0.2, 0) is 11.3 Å². The maximum Gasteiger partial charge on any atom is 0.387 e. The van der Waals surface area contributed by atoms with Gasteiger partial charge in [0.2, 0.25) is 0 Å². The van der Waals surface area contributed by atoms with Crippen molar-refractivity contribution in [3.63, 3.8) is 0 Å². The Morgan fingerprint density at radius 1 is 1.55 bits per heavy atom. The van der Waals surface area contributed by atoms with Gasteiger partial charge in [-0.15, -0.1) is 0 Å². The quantitative estimate of drug-likeness (QED) is 0.908. The van der Waals surface area contributed by atoms with E-state index in [9.17, 15) is 13.6 Å². The summed E-state index contributed by atoms with van der Waals surface area (Å²) in [6.07, 6.45) is 1.45. The van der Waals surface area contributed by atoms with Crippen LogP contribution in [-0.4, -0.2) is 35.2 Å². The first-order chi connectivity index (χ1) is 9.47. The Morgan fingerprint density at radius 2 is 2.30 bits per heavy atom. The summed E-state index contributed by atoms with van der Waals surface area (Å²) in [5, 5.41) is 9.18. The highest BCUT2D eigenvalue weighted by Crippen LogP contribution is 2.28. The first kappa shape index (κ1) is 15.0. The summed E-state index contributed by atoms with van der Waals surface area (Å²) in [4.78, 5) is 12.9. The number of likely N-dealkylation sites (tertiary alicyclic amines) is 1. The van der Waals surface area contributed by atoms with Crippen LogP contribution in [0, 0.1) is 0 Å². The van der Waals surface area contributed by atoms with E-state index in [1.165, 1.54) is 12.1 Å². The lowest BCUT2D eigenvalue weighted by Gasteiger charge is -2.21. The Labute approximate surface area is 119 Å². The maximum absolute atomic E-state index is 12.1. The Kier molecular flexibility index (Phi) is 4.77. The summed E-state index contributed by atoms with van der Waals surface area (Å²) in [6, 6.07) is 4.01. The molecule has 7 heteroatoms. The maximum atomic E-state index is 12.1. The first-order valence-corrected chi connectivity index (χ1v) is 6.55. The van der Waals surface area contributed by atoms with Crippen LogP contribution >= 0.6 is 11.6 Å². The van der Waals surface area contributed by atoms with Crippen molar-refractivity contribution in [3.05, 3.63) is 28.8 Å². The lowest BCUT2D eigenvalue weighted by atomic mass is 10.2. The van der Waals surface area contributed by atoms with Crippen molar-refractivity contribution in [1.82, 2.24) is 4.90 Å². The minimum atomic E-state index is -2.92. The van der Waals surface area contributed by atoms with E-state index in [1.54, 1.807) is 6.07 Å². The number of ether oxygens (including phenoxy) is 1. The number of rotatable bonds is 5. The summed E-state index contributed by atoms with van der Waals surface area (Å²) in [6.45, 7) is -1.80. The minimum absolute atomic E-state index is 0.0818. The Balaban J connectivity index is 2.06. The fourth-order valence-corrected chi connectivity index (χ4v) is 2.61. The van der Waals surface area contributed by atoms with Crippen molar-refractivity contribution < 1.29 is 23.4 Å². The molecule has 1 N–H and O–H groups in total. The molecule has 0 saturated carbocycles. The third-order valence-electron chi connectivity index (χ3n) is 3.25. The molecule has 1 aliphatic heterocycles. The van der Waals surface area contributed by atoms with Gasteiger partial charge < -0.3 is 9.84 Å². The fraction of sp³-hybridized carbons (Fsp3) is 0.462. The average Bonchev–Trinajstić information content (AvgIpc) is 2.80. The van der Waals surface area contributed by atoms with Crippen molar-refractivity contribution >= 4 is 17.6 Å². The number of hydrogen-bond acceptors (Lipinski definition) is 3. The summed E-state index contributed by atoms with van der Waals surface area (Å²) < 4.78 is 28.5. The number of carboxylic acids is 1. The molecule has 1 heterocycles. The van der Waals surface area contributed by atoms with Crippen molar-refractivity contribution in [1.29, 1.82) is 0 Å². The summed E-state index contributed by atoms with van der Waals surface area (Å²) in [5.41, 5.74) is 0.768. The molecular formula is C13H14ClF2NO3. The highest BCUT2D eigenvalue weighted by molar-refractivity contribution is 6.32. The predicted molar refractivity (Wildman–Crippen MR) is 69.2 cm³/mol. The number of nitrogens with zero attached hydrogens (tertiary/aromatic N) is 1. The first-order valence-electron chi connectivity index (χ1n) is 6.17. The normalized spacial score (nSPS) is 19.5. The summed E-state index contributed by atoms with van der Waals surface area (Å²) in [5.74, 6) is -0.923. The van der Waals surface area contributed by atoms with E-state index in [0.29, 0.717) is 19.5 Å². The number of carbonyl (C=O) groups is 1. The molecule has 2 rings (SSSR count). The fourth-order valence-electron chi connectivity index (χ4n) is 2.36. The van der Waals surface area contributed by atoms with Gasteiger partial charge in [0.25, 0.3) is 0 Å². The van der Waals surface area contributed by atoms with Crippen molar-refractivity contribution in [2.45, 2.75) is 32.0 Å². The molecule has 1 fully saturated rings. The third kappa shape index (κ3) is 3.58.